The van der Waals surface area contributed by atoms with E-state index >= 15 is 0 Å². The number of allylic oxidation sites excluding steroid dienone is 2. The van der Waals surface area contributed by atoms with Crippen LogP contribution in [0.2, 0.25) is 0 Å². The molecule has 3 unspecified atom stereocenters. The largest absolute Gasteiger partial charge is 0.330 e. The van der Waals surface area contributed by atoms with E-state index in [-0.39, 0.29) is 5.16 Å². The summed E-state index contributed by atoms with van der Waals surface area (Å²) in [6.45, 7) is 22.6. The molecule has 0 spiro atoms. The zero-order valence-corrected chi connectivity index (χ0v) is 27.4. The van der Waals surface area contributed by atoms with Gasteiger partial charge in [-0.05, 0) is 80.8 Å². The smallest absolute Gasteiger partial charge is 0.0986 e. The Bertz CT molecular complexity index is 1020. The first-order valence-electron chi connectivity index (χ1n) is 15.6. The van der Waals surface area contributed by atoms with E-state index in [4.69, 9.17) is 5.73 Å². The third-order valence-corrected chi connectivity index (χ3v) is 14.8. The highest BCUT2D eigenvalue weighted by Gasteiger charge is 2.57. The van der Waals surface area contributed by atoms with Crippen molar-refractivity contribution in [2.24, 2.45) is 11.7 Å². The van der Waals surface area contributed by atoms with Gasteiger partial charge in [0.1, 0.15) is 0 Å². The molecule has 38 heavy (non-hydrogen) atoms. The number of rotatable bonds is 8. The maximum Gasteiger partial charge on any atom is 0.0986 e. The van der Waals surface area contributed by atoms with Crippen molar-refractivity contribution in [3.05, 3.63) is 76.4 Å². The van der Waals surface area contributed by atoms with Crippen LogP contribution in [0, 0.1) is 5.92 Å². The van der Waals surface area contributed by atoms with E-state index in [1.165, 1.54) is 54.7 Å². The molecule has 0 heterocycles. The Morgan fingerprint density at radius 3 is 2.13 bits per heavy atom. The van der Waals surface area contributed by atoms with Gasteiger partial charge in [0, 0.05) is 11.5 Å². The van der Waals surface area contributed by atoms with Crippen LogP contribution in [0.3, 0.4) is 0 Å². The number of hydrogen-bond donors (Lipinski definition) is 1. The van der Waals surface area contributed by atoms with Crippen LogP contribution in [0.5, 0.6) is 0 Å². The first-order valence-corrected chi connectivity index (χ1v) is 17.8. The predicted octanol–water partition coefficient (Wildman–Crippen LogP) is 10.3. The molecule has 2 aromatic rings. The molecular weight excluding hydrogens is 477 g/mol. The second kappa shape index (κ2) is 17.1. The highest BCUT2D eigenvalue weighted by atomic mass is 31.2. The van der Waals surface area contributed by atoms with E-state index in [1.807, 2.05) is 41.5 Å². The Hall–Kier alpha value is -1.69. The van der Waals surface area contributed by atoms with E-state index < -0.39 is 7.26 Å². The zero-order chi connectivity index (χ0) is 28.8. The summed E-state index contributed by atoms with van der Waals surface area (Å²) in [5.41, 5.74) is 14.1. The van der Waals surface area contributed by atoms with Crippen LogP contribution >= 0.6 is 7.26 Å². The summed E-state index contributed by atoms with van der Waals surface area (Å²) in [6, 6.07) is 14.2. The molecule has 0 fully saturated rings. The molecule has 0 bridgehead atoms. The second-order valence-corrected chi connectivity index (χ2v) is 14.4. The SMILES string of the molecule is CC.CC.CC.CCC(C)(C(C)CN)[P+](CC)(Cc1cccc2c1C=CCC2)c1cccc2c1CCC=C2. The molecule has 0 aromatic heterocycles. The van der Waals surface area contributed by atoms with E-state index in [0.717, 1.165) is 13.0 Å². The van der Waals surface area contributed by atoms with Gasteiger partial charge in [0.05, 0.1) is 30.0 Å². The van der Waals surface area contributed by atoms with E-state index in [1.54, 1.807) is 16.4 Å². The lowest BCUT2D eigenvalue weighted by Gasteiger charge is -2.47. The Labute approximate surface area is 237 Å². The van der Waals surface area contributed by atoms with E-state index in [0.29, 0.717) is 5.92 Å². The molecule has 2 heteroatoms. The fourth-order valence-electron chi connectivity index (χ4n) is 6.34. The topological polar surface area (TPSA) is 26.0 Å². The van der Waals surface area contributed by atoms with Crippen molar-refractivity contribution < 1.29 is 0 Å². The summed E-state index contributed by atoms with van der Waals surface area (Å²) < 4.78 is 0. The maximum atomic E-state index is 6.40. The second-order valence-electron chi connectivity index (χ2n) is 10.0. The fourth-order valence-corrected chi connectivity index (χ4v) is 12.2. The molecule has 1 nitrogen and oxygen atoms in total. The Balaban J connectivity index is 0.00000112. The van der Waals surface area contributed by atoms with Crippen LogP contribution in [0.25, 0.3) is 12.2 Å². The van der Waals surface area contributed by atoms with Crippen LogP contribution < -0.4 is 11.0 Å². The molecule has 4 rings (SSSR count). The first kappa shape index (κ1) is 34.3. The molecule has 0 saturated heterocycles. The molecule has 212 valence electrons. The lowest BCUT2D eigenvalue weighted by molar-refractivity contribution is 0.416. The van der Waals surface area contributed by atoms with Crippen molar-refractivity contribution in [2.75, 3.05) is 12.7 Å². The molecule has 0 radical (unpaired) electrons. The molecule has 3 atom stereocenters. The van der Waals surface area contributed by atoms with Crippen molar-refractivity contribution in [1.29, 1.82) is 0 Å². The monoisotopic (exact) mass is 536 g/mol. The van der Waals surface area contributed by atoms with Gasteiger partial charge in [-0.2, -0.15) is 0 Å². The van der Waals surface area contributed by atoms with Crippen molar-refractivity contribution >= 4 is 24.7 Å². The first-order chi connectivity index (χ1) is 18.5. The molecule has 2 aromatic carbocycles. The minimum Gasteiger partial charge on any atom is -0.330 e. The highest BCUT2D eigenvalue weighted by molar-refractivity contribution is 7.83. The molecule has 2 N–H and O–H groups in total. The lowest BCUT2D eigenvalue weighted by atomic mass is 9.92. The average molecular weight is 537 g/mol. The minimum absolute atomic E-state index is 0.216. The van der Waals surface area contributed by atoms with Crippen molar-refractivity contribution in [1.82, 2.24) is 0 Å². The minimum atomic E-state index is -1.60. The summed E-state index contributed by atoms with van der Waals surface area (Å²) in [6.07, 6.45) is 17.7. The lowest BCUT2D eigenvalue weighted by Crippen LogP contribution is -2.45. The summed E-state index contributed by atoms with van der Waals surface area (Å²) >= 11 is 0. The van der Waals surface area contributed by atoms with Gasteiger partial charge < -0.3 is 5.73 Å². The van der Waals surface area contributed by atoms with Gasteiger partial charge >= 0.3 is 0 Å². The third kappa shape index (κ3) is 6.89. The molecule has 2 aliphatic rings. The number of nitrogens with two attached hydrogens (primary N) is 1. The summed E-state index contributed by atoms with van der Waals surface area (Å²) in [5, 5.41) is 1.90. The van der Waals surface area contributed by atoms with Gasteiger partial charge in [0.15, 0.2) is 0 Å². The van der Waals surface area contributed by atoms with Gasteiger partial charge in [-0.15, -0.1) is 0 Å². The summed E-state index contributed by atoms with van der Waals surface area (Å²) in [5.74, 6) is 0.492. The van der Waals surface area contributed by atoms with Crippen LogP contribution in [-0.2, 0) is 19.0 Å². The van der Waals surface area contributed by atoms with Crippen LogP contribution in [0.15, 0.2) is 48.6 Å². The Kier molecular flexibility index (Phi) is 15.4. The molecule has 2 aliphatic carbocycles. The number of aryl methyl sites for hydroxylation is 1. The van der Waals surface area contributed by atoms with Crippen molar-refractivity contribution in [2.45, 2.75) is 113 Å². The van der Waals surface area contributed by atoms with Crippen LogP contribution in [-0.4, -0.2) is 17.9 Å². The van der Waals surface area contributed by atoms with E-state index in [2.05, 4.69) is 88.4 Å². The Morgan fingerprint density at radius 2 is 1.50 bits per heavy atom. The molecule has 0 saturated carbocycles. The Morgan fingerprint density at radius 1 is 0.868 bits per heavy atom. The number of hydrogen-bond acceptors (Lipinski definition) is 1. The highest BCUT2D eigenvalue weighted by Crippen LogP contribution is 2.73. The van der Waals surface area contributed by atoms with Gasteiger partial charge in [-0.1, -0.05) is 110 Å². The summed E-state index contributed by atoms with van der Waals surface area (Å²) in [4.78, 5) is 0. The molecule has 0 amide bonds. The standard InChI is InChI=1S/C30H41NP.3C2H6/c1-5-30(4,23(3)21-31)32(6-2,29-20-12-16-25-14-8-10-19-28(25)29)22-26-17-11-15-24-13-7-9-18-27(24)26;3*1-2/h8-9,11-12,14-18,20,23H,5-7,10,13,19,21-22,31H2,1-4H3;3*1-2H3/q+1;;;. The molecular formula is C36H59NP+. The molecule has 0 aliphatic heterocycles. The van der Waals surface area contributed by atoms with Crippen molar-refractivity contribution in [3.8, 4) is 0 Å². The quantitative estimate of drug-likeness (QED) is 0.334. The number of benzene rings is 2. The van der Waals surface area contributed by atoms with Crippen molar-refractivity contribution in [3.63, 3.8) is 0 Å². The van der Waals surface area contributed by atoms with Gasteiger partial charge in [-0.25, -0.2) is 0 Å². The van der Waals surface area contributed by atoms with Crippen LogP contribution in [0.1, 0.15) is 116 Å². The predicted molar refractivity (Wildman–Crippen MR) is 179 cm³/mol. The third-order valence-electron chi connectivity index (χ3n) is 8.75. The van der Waals surface area contributed by atoms with Gasteiger partial charge in [0.2, 0.25) is 0 Å². The van der Waals surface area contributed by atoms with Gasteiger partial charge in [0.25, 0.3) is 0 Å². The van der Waals surface area contributed by atoms with Crippen LogP contribution in [0.4, 0.5) is 0 Å². The van der Waals surface area contributed by atoms with E-state index in [9.17, 15) is 0 Å². The fraction of sp³-hybridized carbons (Fsp3) is 0.556. The summed E-state index contributed by atoms with van der Waals surface area (Å²) in [7, 11) is -1.60. The van der Waals surface area contributed by atoms with Gasteiger partial charge in [-0.3, -0.25) is 0 Å². The normalized spacial score (nSPS) is 16.9. The maximum absolute atomic E-state index is 6.40. The zero-order valence-electron chi connectivity index (χ0n) is 26.5. The average Bonchev–Trinajstić information content (AvgIpc) is 3.01. The number of fused-ring (bicyclic) bond motifs is 2.